The van der Waals surface area contributed by atoms with Crippen LogP contribution < -0.4 is 4.74 Å². The number of ether oxygens (including phenoxy) is 1. The Morgan fingerprint density at radius 3 is 2.66 bits per heavy atom. The Labute approximate surface area is 305 Å². The van der Waals surface area contributed by atoms with Crippen LogP contribution >= 0.6 is 27.7 Å². The van der Waals surface area contributed by atoms with E-state index in [1.165, 1.54) is 24.3 Å². The molecule has 2 aromatic heterocycles. The summed E-state index contributed by atoms with van der Waals surface area (Å²) in [6, 6.07) is 15.8. The topological polar surface area (TPSA) is 93.0 Å². The second-order valence-electron chi connectivity index (χ2n) is 14.0. The van der Waals surface area contributed by atoms with Crippen molar-refractivity contribution in [2.75, 3.05) is 18.1 Å². The van der Waals surface area contributed by atoms with Crippen molar-refractivity contribution >= 4 is 44.9 Å². The monoisotopic (exact) mass is 766 g/mol. The fourth-order valence-electron chi connectivity index (χ4n) is 6.24. The molecule has 0 aliphatic heterocycles. The minimum Gasteiger partial charge on any atom is -0.453 e. The van der Waals surface area contributed by atoms with Crippen molar-refractivity contribution in [1.82, 2.24) is 19.7 Å². The van der Waals surface area contributed by atoms with Crippen LogP contribution in [0.1, 0.15) is 70.3 Å². The minimum absolute atomic E-state index is 0.000917. The number of H-pyrrole nitrogens is 1. The van der Waals surface area contributed by atoms with Crippen LogP contribution in [0.25, 0.3) is 22.3 Å². The van der Waals surface area contributed by atoms with Crippen molar-refractivity contribution in [3.05, 3.63) is 93.9 Å². The third-order valence-corrected chi connectivity index (χ3v) is 11.5. The number of aryl methyl sites for hydroxylation is 2. The van der Waals surface area contributed by atoms with E-state index in [0.717, 1.165) is 60.7 Å². The van der Waals surface area contributed by atoms with Crippen molar-refractivity contribution in [3.63, 3.8) is 0 Å². The standard InChI is InChI=1S/C39H45BrF2N4O3S/c1-25(23-48)10-11-26-8-6-9-27(20-26)39(4,16-7-15-38(2,3)24-50-19-18-47)37-44-36(46(5)45-37)30-21-28(12-13-31(30)41)49-35-32(42)22-33-29(34(35)40)14-17-43-33/h6,8-9,12-14,17,20-23,25,43,47H,7,10-11,15-16,18-19,24H2,1-5H3. The second-order valence-corrected chi connectivity index (χ2v) is 15.9. The number of halogens is 3. The summed E-state index contributed by atoms with van der Waals surface area (Å²) in [6.07, 6.45) is 6.84. The van der Waals surface area contributed by atoms with E-state index in [0.29, 0.717) is 27.4 Å². The Kier molecular flexibility index (Phi) is 12.2. The van der Waals surface area contributed by atoms with Crippen LogP contribution in [0.3, 0.4) is 0 Å². The molecule has 3 aromatic carbocycles. The molecule has 5 rings (SSSR count). The van der Waals surface area contributed by atoms with Crippen LogP contribution in [0.4, 0.5) is 8.78 Å². The molecule has 7 nitrogen and oxygen atoms in total. The van der Waals surface area contributed by atoms with Gasteiger partial charge < -0.3 is 19.6 Å². The molecule has 2 heterocycles. The number of hydrogen-bond acceptors (Lipinski definition) is 6. The number of nitrogens with one attached hydrogen (secondary N) is 1. The van der Waals surface area contributed by atoms with E-state index in [-0.39, 0.29) is 35.0 Å². The SMILES string of the molecule is CC(C=O)CCc1cccc(C(C)(CCCC(C)(C)CSCCO)c2nc(-c3cc(Oc4c(F)cc5[nH]ccc5c4Br)ccc3F)n(C)n2)c1. The molecule has 0 aliphatic rings. The molecule has 0 radical (unpaired) electrons. The summed E-state index contributed by atoms with van der Waals surface area (Å²) in [4.78, 5) is 19.3. The minimum atomic E-state index is -0.610. The molecule has 0 spiro atoms. The van der Waals surface area contributed by atoms with Crippen LogP contribution in [0.5, 0.6) is 11.5 Å². The summed E-state index contributed by atoms with van der Waals surface area (Å²) < 4.78 is 38.7. The summed E-state index contributed by atoms with van der Waals surface area (Å²) >= 11 is 5.22. The Hall–Kier alpha value is -3.54. The summed E-state index contributed by atoms with van der Waals surface area (Å²) in [5, 5.41) is 14.9. The number of carbonyl (C=O) groups excluding carboxylic acids is 1. The normalized spacial score (nSPS) is 13.8. The lowest BCUT2D eigenvalue weighted by atomic mass is 9.75. The van der Waals surface area contributed by atoms with Crippen molar-refractivity contribution in [2.45, 2.75) is 65.2 Å². The van der Waals surface area contributed by atoms with Crippen molar-refractivity contribution in [3.8, 4) is 22.9 Å². The van der Waals surface area contributed by atoms with E-state index < -0.39 is 17.0 Å². The van der Waals surface area contributed by atoms with E-state index in [4.69, 9.17) is 14.8 Å². The molecule has 2 unspecified atom stereocenters. The first-order valence-electron chi connectivity index (χ1n) is 16.9. The Morgan fingerprint density at radius 2 is 1.90 bits per heavy atom. The van der Waals surface area contributed by atoms with Crippen LogP contribution in [-0.4, -0.2) is 49.3 Å². The molecule has 0 aliphatic carbocycles. The molecular formula is C39H45BrF2N4O3S. The van der Waals surface area contributed by atoms with Crippen LogP contribution in [0.15, 0.2) is 65.3 Å². The lowest BCUT2D eigenvalue weighted by molar-refractivity contribution is -0.110. The van der Waals surface area contributed by atoms with Gasteiger partial charge in [-0.25, -0.2) is 18.4 Å². The maximum Gasteiger partial charge on any atom is 0.177 e. The van der Waals surface area contributed by atoms with Gasteiger partial charge in [-0.1, -0.05) is 51.5 Å². The van der Waals surface area contributed by atoms with Crippen LogP contribution in [0, 0.1) is 23.0 Å². The Morgan fingerprint density at radius 1 is 1.10 bits per heavy atom. The number of fused-ring (bicyclic) bond motifs is 1. The molecule has 11 heteroatoms. The number of thioether (sulfide) groups is 1. The third kappa shape index (κ3) is 8.66. The predicted molar refractivity (Wildman–Crippen MR) is 201 cm³/mol. The zero-order valence-corrected chi connectivity index (χ0v) is 31.6. The van der Waals surface area contributed by atoms with Crippen molar-refractivity contribution in [2.24, 2.45) is 18.4 Å². The zero-order chi connectivity index (χ0) is 36.1. The van der Waals surface area contributed by atoms with Gasteiger partial charge in [0.05, 0.1) is 22.1 Å². The van der Waals surface area contributed by atoms with Gasteiger partial charge in [0.25, 0.3) is 0 Å². The zero-order valence-electron chi connectivity index (χ0n) is 29.2. The number of aliphatic hydroxyl groups is 1. The smallest absolute Gasteiger partial charge is 0.177 e. The lowest BCUT2D eigenvalue weighted by Crippen LogP contribution is -2.27. The molecule has 50 heavy (non-hydrogen) atoms. The predicted octanol–water partition coefficient (Wildman–Crippen LogP) is 9.79. The van der Waals surface area contributed by atoms with E-state index in [1.54, 1.807) is 29.7 Å². The van der Waals surface area contributed by atoms with Gasteiger partial charge in [0.1, 0.15) is 17.9 Å². The molecule has 266 valence electrons. The number of aromatic amines is 1. The number of rotatable bonds is 17. The highest BCUT2D eigenvalue weighted by molar-refractivity contribution is 9.10. The molecule has 0 saturated carbocycles. The number of benzene rings is 3. The summed E-state index contributed by atoms with van der Waals surface area (Å²) in [6.45, 7) is 8.73. The number of aliphatic hydroxyl groups excluding tert-OH is 1. The fourth-order valence-corrected chi connectivity index (χ4v) is 7.83. The average Bonchev–Trinajstić information content (AvgIpc) is 3.73. The molecule has 0 amide bonds. The second kappa shape index (κ2) is 16.2. The average molecular weight is 768 g/mol. The van der Waals surface area contributed by atoms with Gasteiger partial charge >= 0.3 is 0 Å². The van der Waals surface area contributed by atoms with Crippen molar-refractivity contribution < 1.29 is 23.4 Å². The maximum absolute atomic E-state index is 15.6. The quantitative estimate of drug-likeness (QED) is 0.0724. The molecule has 0 saturated heterocycles. The number of nitrogens with zero attached hydrogens (tertiary/aromatic N) is 3. The van der Waals surface area contributed by atoms with Gasteiger partial charge in [0, 0.05) is 41.9 Å². The van der Waals surface area contributed by atoms with Crippen LogP contribution in [-0.2, 0) is 23.7 Å². The highest BCUT2D eigenvalue weighted by Gasteiger charge is 2.35. The molecule has 2 atom stereocenters. The van der Waals surface area contributed by atoms with Gasteiger partial charge in [-0.2, -0.15) is 16.9 Å². The number of aldehydes is 1. The van der Waals surface area contributed by atoms with Crippen LogP contribution in [0.2, 0.25) is 0 Å². The van der Waals surface area contributed by atoms with Gasteiger partial charge in [0.2, 0.25) is 0 Å². The molecule has 0 bridgehead atoms. The van der Waals surface area contributed by atoms with E-state index >= 15 is 8.78 Å². The first kappa shape index (κ1) is 37.7. The van der Waals surface area contributed by atoms with E-state index in [2.05, 4.69) is 59.9 Å². The molecule has 5 aromatic rings. The van der Waals surface area contributed by atoms with Gasteiger partial charge in [-0.3, -0.25) is 0 Å². The summed E-state index contributed by atoms with van der Waals surface area (Å²) in [7, 11) is 1.74. The largest absolute Gasteiger partial charge is 0.453 e. The van der Waals surface area contributed by atoms with Gasteiger partial charge in [-0.15, -0.1) is 0 Å². The van der Waals surface area contributed by atoms with Gasteiger partial charge in [0.15, 0.2) is 23.2 Å². The highest BCUT2D eigenvalue weighted by atomic mass is 79.9. The number of carbonyl (C=O) groups is 1. The fraction of sp³-hybridized carbons (Fsp3) is 0.410. The Balaban J connectivity index is 1.49. The molecule has 0 fully saturated rings. The summed E-state index contributed by atoms with van der Waals surface area (Å²) in [5.74, 6) is 1.71. The molecular weight excluding hydrogens is 722 g/mol. The lowest BCUT2D eigenvalue weighted by Gasteiger charge is -2.30. The third-order valence-electron chi connectivity index (χ3n) is 9.30. The maximum atomic E-state index is 15.6. The van der Waals surface area contributed by atoms with Crippen molar-refractivity contribution in [1.29, 1.82) is 0 Å². The first-order chi connectivity index (χ1) is 23.8. The Bertz CT molecular complexity index is 1940. The highest BCUT2D eigenvalue weighted by Crippen LogP contribution is 2.41. The number of aromatic nitrogens is 4. The summed E-state index contributed by atoms with van der Waals surface area (Å²) in [5.41, 5.74) is 2.45. The molecule has 2 N–H and O–H groups in total. The first-order valence-corrected chi connectivity index (χ1v) is 18.9. The van der Waals surface area contributed by atoms with E-state index in [1.807, 2.05) is 19.1 Å². The van der Waals surface area contributed by atoms with Gasteiger partial charge in [-0.05, 0) is 95.1 Å². The van der Waals surface area contributed by atoms with E-state index in [9.17, 15) is 9.90 Å². The number of hydrogen-bond donors (Lipinski definition) is 2.